The van der Waals surface area contributed by atoms with Gasteiger partial charge in [0.1, 0.15) is 17.2 Å². The fourth-order valence-corrected chi connectivity index (χ4v) is 2.38. The van der Waals surface area contributed by atoms with Crippen LogP contribution in [0.15, 0.2) is 72.8 Å². The van der Waals surface area contributed by atoms with Gasteiger partial charge < -0.3 is 14.2 Å². The Hall–Kier alpha value is -2.49. The third-order valence-corrected chi connectivity index (χ3v) is 3.91. The Morgan fingerprint density at radius 1 is 0.515 bits per heavy atom. The minimum atomic E-state index is -2.82. The Labute approximate surface area is 200 Å². The largest absolute Gasteiger partial charge is 0.435 e. The van der Waals surface area contributed by atoms with Crippen molar-refractivity contribution in [3.05, 3.63) is 87.9 Å². The molecular weight excluding hydrogens is 521 g/mol. The average molecular weight is 536 g/mol. The van der Waals surface area contributed by atoms with E-state index >= 15 is 0 Å². The molecule has 0 bridgehead atoms. The number of ether oxygens (including phenoxy) is 3. The van der Waals surface area contributed by atoms with E-state index < -0.39 is 19.8 Å². The van der Waals surface area contributed by atoms with E-state index in [2.05, 4.69) is 14.2 Å². The molecule has 33 heavy (non-hydrogen) atoms. The predicted molar refractivity (Wildman–Crippen MR) is 114 cm³/mol. The van der Waals surface area contributed by atoms with Crippen LogP contribution in [0.5, 0.6) is 17.2 Å². The molecule has 0 spiro atoms. The van der Waals surface area contributed by atoms with Gasteiger partial charge >= 0.3 is 19.8 Å². The van der Waals surface area contributed by atoms with Crippen molar-refractivity contribution in [2.75, 3.05) is 0 Å². The van der Waals surface area contributed by atoms with Gasteiger partial charge in [-0.25, -0.2) is 0 Å². The molecule has 12 heteroatoms. The zero-order valence-corrected chi connectivity index (χ0v) is 18.6. The van der Waals surface area contributed by atoms with Crippen molar-refractivity contribution in [3.8, 4) is 17.2 Å². The molecule has 0 N–H and O–H groups in total. The van der Waals surface area contributed by atoms with Gasteiger partial charge in [0.25, 0.3) is 0 Å². The van der Waals surface area contributed by atoms with E-state index in [4.69, 9.17) is 34.8 Å². The summed E-state index contributed by atoms with van der Waals surface area (Å²) in [6.07, 6.45) is 0. The molecule has 0 aromatic heterocycles. The summed E-state index contributed by atoms with van der Waals surface area (Å²) in [6, 6.07) is 17.7. The van der Waals surface area contributed by atoms with Gasteiger partial charge in [-0.3, -0.25) is 0 Å². The number of halogens is 9. The van der Waals surface area contributed by atoms with Crippen LogP contribution in [-0.2, 0) is 0 Å². The summed E-state index contributed by atoms with van der Waals surface area (Å²) in [6.45, 7) is -8.40. The summed E-state index contributed by atoms with van der Waals surface area (Å²) >= 11 is 16.5. The van der Waals surface area contributed by atoms with Gasteiger partial charge in [-0.05, 0) is 54.6 Å². The predicted octanol–water partition coefficient (Wildman–Crippen LogP) is 8.82. The standard InChI is InChI=1S/3C7H5ClF2O/c8-5-1-3-6(4-2-5)11-7(9)10;8-5-2-1-3-6(4-5)11-7(9)10;8-5-3-1-2-4-6(5)11-7(9)10/h3*1-4,7H. The summed E-state index contributed by atoms with van der Waals surface area (Å²) in [5.41, 5.74) is 0. The Morgan fingerprint density at radius 3 is 1.58 bits per heavy atom. The van der Waals surface area contributed by atoms with Crippen molar-refractivity contribution in [1.29, 1.82) is 0 Å². The molecule has 0 unspecified atom stereocenters. The Balaban J connectivity index is 0.000000247. The number of alkyl halides is 6. The van der Waals surface area contributed by atoms with Crippen molar-refractivity contribution >= 4 is 34.8 Å². The van der Waals surface area contributed by atoms with E-state index in [9.17, 15) is 26.3 Å². The van der Waals surface area contributed by atoms with E-state index in [1.165, 1.54) is 48.5 Å². The summed E-state index contributed by atoms with van der Waals surface area (Å²) in [7, 11) is 0. The van der Waals surface area contributed by atoms with Crippen LogP contribution in [0.3, 0.4) is 0 Å². The van der Waals surface area contributed by atoms with Gasteiger partial charge in [0, 0.05) is 10.0 Å². The van der Waals surface area contributed by atoms with E-state index in [0.717, 1.165) is 0 Å². The third kappa shape index (κ3) is 13.6. The molecule has 0 saturated heterocycles. The third-order valence-electron chi connectivity index (χ3n) is 3.11. The molecule has 0 fully saturated rings. The summed E-state index contributed by atoms with van der Waals surface area (Å²) in [5, 5.41) is 1.06. The highest BCUT2D eigenvalue weighted by atomic mass is 35.5. The number of rotatable bonds is 6. The highest BCUT2D eigenvalue weighted by molar-refractivity contribution is 6.32. The lowest BCUT2D eigenvalue weighted by Crippen LogP contribution is -2.01. The second-order valence-corrected chi connectivity index (χ2v) is 6.76. The smallest absolute Gasteiger partial charge is 0.387 e. The van der Waals surface area contributed by atoms with Crippen LogP contribution in [0.25, 0.3) is 0 Å². The SMILES string of the molecule is FC(F)Oc1ccc(Cl)cc1.FC(F)Oc1cccc(Cl)c1.FC(F)Oc1ccccc1Cl. The maximum absolute atomic E-state index is 11.6. The van der Waals surface area contributed by atoms with Crippen LogP contribution in [0.2, 0.25) is 15.1 Å². The topological polar surface area (TPSA) is 27.7 Å². The number of hydrogen-bond acceptors (Lipinski definition) is 3. The molecular formula is C21H15Cl3F6O3. The minimum absolute atomic E-state index is 0.00386. The Kier molecular flexibility index (Phi) is 13.3. The van der Waals surface area contributed by atoms with Gasteiger partial charge in [-0.2, -0.15) is 26.3 Å². The maximum Gasteiger partial charge on any atom is 0.387 e. The monoisotopic (exact) mass is 534 g/mol. The quantitative estimate of drug-likeness (QED) is 0.295. The fourth-order valence-electron chi connectivity index (χ4n) is 1.90. The van der Waals surface area contributed by atoms with Gasteiger partial charge in [0.2, 0.25) is 0 Å². The lowest BCUT2D eigenvalue weighted by Gasteiger charge is -2.04. The van der Waals surface area contributed by atoms with Crippen molar-refractivity contribution in [2.24, 2.45) is 0 Å². The molecule has 0 aliphatic carbocycles. The molecule has 0 aliphatic heterocycles. The summed E-state index contributed by atoms with van der Waals surface area (Å²) in [5.74, 6) is 0.195. The first kappa shape index (κ1) is 28.5. The van der Waals surface area contributed by atoms with E-state index in [-0.39, 0.29) is 22.3 Å². The van der Waals surface area contributed by atoms with Crippen LogP contribution in [0, 0.1) is 0 Å². The first-order valence-corrected chi connectivity index (χ1v) is 9.80. The van der Waals surface area contributed by atoms with E-state index in [1.54, 1.807) is 24.3 Å². The second-order valence-electron chi connectivity index (χ2n) is 5.48. The minimum Gasteiger partial charge on any atom is -0.435 e. The zero-order valence-electron chi connectivity index (χ0n) is 16.3. The van der Waals surface area contributed by atoms with Crippen LogP contribution in [0.1, 0.15) is 0 Å². The molecule has 0 amide bonds. The molecule has 3 rings (SSSR count). The molecule has 0 saturated carbocycles. The van der Waals surface area contributed by atoms with Crippen LogP contribution in [-0.4, -0.2) is 19.8 Å². The van der Waals surface area contributed by atoms with Gasteiger partial charge in [0.15, 0.2) is 0 Å². The van der Waals surface area contributed by atoms with Crippen LogP contribution >= 0.6 is 34.8 Å². The molecule has 3 aromatic carbocycles. The van der Waals surface area contributed by atoms with Gasteiger partial charge in [0.05, 0.1) is 5.02 Å². The van der Waals surface area contributed by atoms with Gasteiger partial charge in [-0.15, -0.1) is 0 Å². The molecule has 0 aliphatic rings. The maximum atomic E-state index is 11.6. The van der Waals surface area contributed by atoms with E-state index in [1.807, 2.05) is 0 Å². The first-order chi connectivity index (χ1) is 15.6. The summed E-state index contributed by atoms with van der Waals surface area (Å²) in [4.78, 5) is 0. The molecule has 0 atom stereocenters. The fraction of sp³-hybridized carbons (Fsp3) is 0.143. The second kappa shape index (κ2) is 15.4. The normalized spacial score (nSPS) is 10.2. The van der Waals surface area contributed by atoms with Crippen LogP contribution < -0.4 is 14.2 Å². The Morgan fingerprint density at radius 2 is 1.06 bits per heavy atom. The lowest BCUT2D eigenvalue weighted by atomic mass is 10.3. The molecule has 0 radical (unpaired) electrons. The molecule has 180 valence electrons. The number of hydrogen-bond donors (Lipinski definition) is 0. The number of benzene rings is 3. The Bertz CT molecular complexity index is 947. The molecule has 3 nitrogen and oxygen atoms in total. The molecule has 3 aromatic rings. The zero-order chi connectivity index (χ0) is 24.8. The van der Waals surface area contributed by atoms with Crippen molar-refractivity contribution in [3.63, 3.8) is 0 Å². The van der Waals surface area contributed by atoms with Crippen molar-refractivity contribution in [1.82, 2.24) is 0 Å². The number of para-hydroxylation sites is 1. The van der Waals surface area contributed by atoms with Crippen molar-refractivity contribution < 1.29 is 40.6 Å². The van der Waals surface area contributed by atoms with Crippen LogP contribution in [0.4, 0.5) is 26.3 Å². The highest BCUT2D eigenvalue weighted by Crippen LogP contribution is 2.24. The lowest BCUT2D eigenvalue weighted by molar-refractivity contribution is -0.0505. The summed E-state index contributed by atoms with van der Waals surface area (Å²) < 4.78 is 81.8. The van der Waals surface area contributed by atoms with E-state index in [0.29, 0.717) is 10.0 Å². The average Bonchev–Trinajstić information content (AvgIpc) is 2.71. The van der Waals surface area contributed by atoms with Crippen molar-refractivity contribution in [2.45, 2.75) is 19.8 Å². The highest BCUT2D eigenvalue weighted by Gasteiger charge is 2.06. The van der Waals surface area contributed by atoms with Gasteiger partial charge in [-0.1, -0.05) is 53.0 Å². The molecule has 0 heterocycles. The first-order valence-electron chi connectivity index (χ1n) is 8.67.